The van der Waals surface area contributed by atoms with Crippen molar-refractivity contribution in [1.82, 2.24) is 0 Å². The summed E-state index contributed by atoms with van der Waals surface area (Å²) in [5.41, 5.74) is 1.45. The van der Waals surface area contributed by atoms with E-state index in [1.54, 1.807) is 36.3 Å². The van der Waals surface area contributed by atoms with Crippen molar-refractivity contribution in [2.45, 2.75) is 13.3 Å². The third-order valence-electron chi connectivity index (χ3n) is 3.44. The smallest absolute Gasteiger partial charge is 0.226 e. The normalized spacial score (nSPS) is 10.1. The van der Waals surface area contributed by atoms with Gasteiger partial charge in [0.1, 0.15) is 5.75 Å². The van der Waals surface area contributed by atoms with Gasteiger partial charge in [0.05, 0.1) is 7.11 Å². The number of ether oxygens (including phenoxy) is 1. The Balaban J connectivity index is 1.97. The van der Waals surface area contributed by atoms with Crippen molar-refractivity contribution in [1.29, 1.82) is 0 Å². The van der Waals surface area contributed by atoms with Crippen LogP contribution in [0.4, 0.5) is 11.4 Å². The topological polar surface area (TPSA) is 58.6 Å². The maximum atomic E-state index is 12.1. The number of carbonyl (C=O) groups is 2. The predicted molar refractivity (Wildman–Crippen MR) is 98.4 cm³/mol. The Morgan fingerprint density at radius 1 is 1.17 bits per heavy atom. The molecule has 0 bridgehead atoms. The van der Waals surface area contributed by atoms with E-state index in [2.05, 4.69) is 21.2 Å². The van der Waals surface area contributed by atoms with Gasteiger partial charge >= 0.3 is 0 Å². The summed E-state index contributed by atoms with van der Waals surface area (Å²) < 4.78 is 6.00. The zero-order valence-corrected chi connectivity index (χ0v) is 15.2. The number of methoxy groups -OCH3 is 1. The predicted octanol–water partition coefficient (Wildman–Crippen LogP) is 3.84. The molecule has 2 amide bonds. The van der Waals surface area contributed by atoms with Crippen LogP contribution < -0.4 is 15.0 Å². The largest absolute Gasteiger partial charge is 0.497 e. The van der Waals surface area contributed by atoms with Crippen LogP contribution in [0.1, 0.15) is 13.3 Å². The molecule has 1 N–H and O–H groups in total. The van der Waals surface area contributed by atoms with Crippen LogP contribution in [0.15, 0.2) is 53.0 Å². The fraction of sp³-hybridized carbons (Fsp3) is 0.222. The Morgan fingerprint density at radius 2 is 1.88 bits per heavy atom. The fourth-order valence-electron chi connectivity index (χ4n) is 2.23. The molecule has 0 aliphatic carbocycles. The van der Waals surface area contributed by atoms with E-state index in [4.69, 9.17) is 4.74 Å². The Hall–Kier alpha value is -2.34. The van der Waals surface area contributed by atoms with Crippen LogP contribution in [-0.2, 0) is 9.59 Å². The zero-order chi connectivity index (χ0) is 17.5. The Labute approximate surface area is 149 Å². The van der Waals surface area contributed by atoms with Crippen LogP contribution in [0.2, 0.25) is 0 Å². The van der Waals surface area contributed by atoms with E-state index in [1.165, 1.54) is 6.92 Å². The number of nitrogens with one attached hydrogen (secondary N) is 1. The molecule has 0 aliphatic heterocycles. The number of nitrogens with zero attached hydrogens (tertiary/aromatic N) is 1. The van der Waals surface area contributed by atoms with Gasteiger partial charge in [0.25, 0.3) is 0 Å². The summed E-state index contributed by atoms with van der Waals surface area (Å²) in [5, 5.41) is 2.82. The van der Waals surface area contributed by atoms with Crippen LogP contribution in [0, 0.1) is 0 Å². The molecule has 0 unspecified atom stereocenters. The van der Waals surface area contributed by atoms with Gasteiger partial charge in [-0.2, -0.15) is 0 Å². The fourth-order valence-corrected chi connectivity index (χ4v) is 2.63. The Morgan fingerprint density at radius 3 is 2.46 bits per heavy atom. The molecule has 24 heavy (non-hydrogen) atoms. The molecule has 126 valence electrons. The second-order valence-corrected chi connectivity index (χ2v) is 6.09. The number of halogens is 1. The molecule has 0 radical (unpaired) electrons. The molecule has 6 heteroatoms. The average molecular weight is 391 g/mol. The second-order valence-electron chi connectivity index (χ2n) is 5.18. The summed E-state index contributed by atoms with van der Waals surface area (Å²) in [4.78, 5) is 25.5. The lowest BCUT2D eigenvalue weighted by Gasteiger charge is -2.21. The lowest BCUT2D eigenvalue weighted by molar-refractivity contribution is -0.117. The number of rotatable bonds is 6. The first-order chi connectivity index (χ1) is 11.5. The monoisotopic (exact) mass is 390 g/mol. The van der Waals surface area contributed by atoms with Gasteiger partial charge in [-0.3, -0.25) is 9.59 Å². The first-order valence-electron chi connectivity index (χ1n) is 7.47. The summed E-state index contributed by atoms with van der Waals surface area (Å²) in [7, 11) is 1.59. The second kappa shape index (κ2) is 8.49. The molecule has 2 rings (SSSR count). The van der Waals surface area contributed by atoms with Crippen LogP contribution in [-0.4, -0.2) is 25.5 Å². The van der Waals surface area contributed by atoms with Gasteiger partial charge in [0.15, 0.2) is 0 Å². The van der Waals surface area contributed by atoms with Gasteiger partial charge in [-0.1, -0.05) is 22.0 Å². The standard InChI is InChI=1S/C18H19BrN2O3/c1-13(22)21(16-6-8-17(24-2)9-7-16)11-10-18(23)20-15-5-3-4-14(19)12-15/h3-9,12H,10-11H2,1-2H3,(H,20,23). The molecule has 5 nitrogen and oxygen atoms in total. The van der Waals surface area contributed by atoms with Crippen LogP contribution in [0.5, 0.6) is 5.75 Å². The highest BCUT2D eigenvalue weighted by atomic mass is 79.9. The van der Waals surface area contributed by atoms with Gasteiger partial charge in [-0.05, 0) is 42.5 Å². The lowest BCUT2D eigenvalue weighted by Crippen LogP contribution is -2.31. The highest BCUT2D eigenvalue weighted by molar-refractivity contribution is 9.10. The molecule has 0 saturated heterocycles. The number of carbonyl (C=O) groups excluding carboxylic acids is 2. The number of anilines is 2. The minimum atomic E-state index is -0.145. The summed E-state index contributed by atoms with van der Waals surface area (Å²) in [6, 6.07) is 14.5. The van der Waals surface area contributed by atoms with E-state index in [1.807, 2.05) is 24.3 Å². The van der Waals surface area contributed by atoms with Crippen LogP contribution >= 0.6 is 15.9 Å². The number of hydrogen-bond acceptors (Lipinski definition) is 3. The Bertz CT molecular complexity index is 716. The van der Waals surface area contributed by atoms with E-state index in [0.29, 0.717) is 12.2 Å². The highest BCUT2D eigenvalue weighted by Crippen LogP contribution is 2.20. The third-order valence-corrected chi connectivity index (χ3v) is 3.93. The molecule has 0 atom stereocenters. The number of benzene rings is 2. The van der Waals surface area contributed by atoms with Crippen molar-refractivity contribution in [3.8, 4) is 5.75 Å². The van der Waals surface area contributed by atoms with E-state index in [-0.39, 0.29) is 18.2 Å². The van der Waals surface area contributed by atoms with Gasteiger partial charge in [0.2, 0.25) is 11.8 Å². The van der Waals surface area contributed by atoms with E-state index >= 15 is 0 Å². The zero-order valence-electron chi connectivity index (χ0n) is 13.6. The van der Waals surface area contributed by atoms with Gasteiger partial charge in [-0.25, -0.2) is 0 Å². The molecule has 0 fully saturated rings. The van der Waals surface area contributed by atoms with Gasteiger partial charge < -0.3 is 15.0 Å². The lowest BCUT2D eigenvalue weighted by atomic mass is 10.2. The van der Waals surface area contributed by atoms with Crippen molar-refractivity contribution in [2.24, 2.45) is 0 Å². The molecule has 0 saturated carbocycles. The summed E-state index contributed by atoms with van der Waals surface area (Å²) in [6.45, 7) is 1.79. The molecule has 0 heterocycles. The molecule has 0 spiro atoms. The summed E-state index contributed by atoms with van der Waals surface area (Å²) >= 11 is 3.36. The molecular formula is C18H19BrN2O3. The molecule has 2 aromatic rings. The van der Waals surface area contributed by atoms with Crippen molar-refractivity contribution in [3.63, 3.8) is 0 Å². The van der Waals surface area contributed by atoms with Crippen LogP contribution in [0.25, 0.3) is 0 Å². The van der Waals surface area contributed by atoms with Gasteiger partial charge in [-0.15, -0.1) is 0 Å². The van der Waals surface area contributed by atoms with Crippen molar-refractivity contribution >= 4 is 39.1 Å². The molecular weight excluding hydrogens is 372 g/mol. The molecule has 0 aliphatic rings. The number of hydrogen-bond donors (Lipinski definition) is 1. The summed E-state index contributed by atoms with van der Waals surface area (Å²) in [6.07, 6.45) is 0.206. The maximum Gasteiger partial charge on any atom is 0.226 e. The van der Waals surface area contributed by atoms with Crippen molar-refractivity contribution < 1.29 is 14.3 Å². The van der Waals surface area contributed by atoms with Crippen LogP contribution in [0.3, 0.4) is 0 Å². The summed E-state index contributed by atoms with van der Waals surface area (Å²) in [5.74, 6) is 0.456. The van der Waals surface area contributed by atoms with Crippen molar-refractivity contribution in [2.75, 3.05) is 23.9 Å². The maximum absolute atomic E-state index is 12.1. The first-order valence-corrected chi connectivity index (χ1v) is 8.26. The SMILES string of the molecule is COc1ccc(N(CCC(=O)Nc2cccc(Br)c2)C(C)=O)cc1. The molecule has 2 aromatic carbocycles. The van der Waals surface area contributed by atoms with E-state index < -0.39 is 0 Å². The minimum Gasteiger partial charge on any atom is -0.497 e. The number of amides is 2. The van der Waals surface area contributed by atoms with Crippen molar-refractivity contribution in [3.05, 3.63) is 53.0 Å². The first kappa shape index (κ1) is 18.0. The third kappa shape index (κ3) is 5.09. The minimum absolute atomic E-state index is 0.115. The van der Waals surface area contributed by atoms with Gasteiger partial charge in [0, 0.05) is 35.7 Å². The average Bonchev–Trinajstić information content (AvgIpc) is 2.55. The quantitative estimate of drug-likeness (QED) is 0.814. The molecule has 0 aromatic heterocycles. The Kier molecular flexibility index (Phi) is 6.37. The van der Waals surface area contributed by atoms with E-state index in [0.717, 1.165) is 15.9 Å². The highest BCUT2D eigenvalue weighted by Gasteiger charge is 2.13. The van der Waals surface area contributed by atoms with E-state index in [9.17, 15) is 9.59 Å².